The van der Waals surface area contributed by atoms with Gasteiger partial charge in [-0.25, -0.2) is 4.98 Å². The maximum atomic E-state index is 10.7. The topological polar surface area (TPSA) is 63.3 Å². The van der Waals surface area contributed by atoms with Gasteiger partial charge in [0, 0.05) is 5.56 Å². The summed E-state index contributed by atoms with van der Waals surface area (Å²) in [5.74, 6) is 0.723. The van der Waals surface area contributed by atoms with Gasteiger partial charge in [-0.2, -0.15) is 0 Å². The van der Waals surface area contributed by atoms with Crippen molar-refractivity contribution in [2.24, 2.45) is 0 Å². The maximum Gasteiger partial charge on any atom is 0.226 e. The van der Waals surface area contributed by atoms with Gasteiger partial charge in [0.1, 0.15) is 0 Å². The van der Waals surface area contributed by atoms with E-state index in [1.165, 1.54) is 0 Å². The molecule has 0 bridgehead atoms. The fraction of sp³-hybridized carbons (Fsp3) is 0.0769. The Balaban J connectivity index is 2.48. The van der Waals surface area contributed by atoms with Gasteiger partial charge in [0.05, 0.1) is 17.5 Å². The summed E-state index contributed by atoms with van der Waals surface area (Å²) in [6.07, 6.45) is 1.25. The van der Waals surface area contributed by atoms with Crippen LogP contribution in [-0.2, 0) is 4.79 Å². The molecule has 0 aliphatic heterocycles. The molecule has 86 valence electrons. The zero-order valence-corrected chi connectivity index (χ0v) is 9.25. The van der Waals surface area contributed by atoms with E-state index in [1.807, 2.05) is 30.3 Å². The van der Waals surface area contributed by atoms with Gasteiger partial charge >= 0.3 is 0 Å². The number of allylic oxidation sites excluding steroid dienone is 1. The first-order valence-corrected chi connectivity index (χ1v) is 5.09. The SMILES string of the molecule is Cc1nc(-c2ccccc2)oc1/C(C=O)=C\O. The van der Waals surface area contributed by atoms with Crippen LogP contribution in [0.3, 0.4) is 0 Å². The van der Waals surface area contributed by atoms with Gasteiger partial charge < -0.3 is 9.52 Å². The number of aryl methyl sites for hydroxylation is 1. The normalized spacial score (nSPS) is 11.5. The standard InChI is InChI=1S/C13H11NO3/c1-9-12(11(7-15)8-16)17-13(14-9)10-5-3-2-4-6-10/h2-8,15H,1H3/b11-7-. The molecule has 0 saturated heterocycles. The van der Waals surface area contributed by atoms with Crippen LogP contribution in [-0.4, -0.2) is 16.4 Å². The number of benzene rings is 1. The Labute approximate surface area is 98.2 Å². The molecule has 0 radical (unpaired) electrons. The molecule has 1 aromatic carbocycles. The summed E-state index contributed by atoms with van der Waals surface area (Å²) < 4.78 is 5.47. The van der Waals surface area contributed by atoms with Crippen LogP contribution in [0, 0.1) is 6.92 Å². The molecule has 0 unspecified atom stereocenters. The predicted molar refractivity (Wildman–Crippen MR) is 63.3 cm³/mol. The number of nitrogens with zero attached hydrogens (tertiary/aromatic N) is 1. The third kappa shape index (κ3) is 2.10. The molecule has 2 aromatic rings. The number of rotatable bonds is 3. The minimum Gasteiger partial charge on any atom is -0.515 e. The zero-order chi connectivity index (χ0) is 12.3. The monoisotopic (exact) mass is 229 g/mol. The number of aliphatic hydroxyl groups is 1. The number of aromatic nitrogens is 1. The number of carbonyl (C=O) groups is 1. The van der Waals surface area contributed by atoms with Crippen molar-refractivity contribution < 1.29 is 14.3 Å². The fourth-order valence-electron chi connectivity index (χ4n) is 1.51. The van der Waals surface area contributed by atoms with Gasteiger partial charge in [0.15, 0.2) is 12.0 Å². The molecule has 0 aliphatic carbocycles. The van der Waals surface area contributed by atoms with E-state index < -0.39 is 0 Å². The molecular formula is C13H11NO3. The Morgan fingerprint density at radius 1 is 1.35 bits per heavy atom. The Morgan fingerprint density at radius 2 is 2.06 bits per heavy atom. The predicted octanol–water partition coefficient (Wildman–Crippen LogP) is 2.75. The Bertz CT molecular complexity index is 555. The van der Waals surface area contributed by atoms with Crippen molar-refractivity contribution in [2.45, 2.75) is 6.92 Å². The van der Waals surface area contributed by atoms with Crippen molar-refractivity contribution in [1.29, 1.82) is 0 Å². The lowest BCUT2D eigenvalue weighted by Crippen LogP contribution is -1.86. The second-order valence-corrected chi connectivity index (χ2v) is 3.50. The molecule has 1 N–H and O–H groups in total. The largest absolute Gasteiger partial charge is 0.515 e. The molecule has 0 spiro atoms. The third-order valence-corrected chi connectivity index (χ3v) is 2.35. The van der Waals surface area contributed by atoms with Gasteiger partial charge in [-0.3, -0.25) is 4.79 Å². The summed E-state index contributed by atoms with van der Waals surface area (Å²) in [5, 5.41) is 8.90. The third-order valence-electron chi connectivity index (χ3n) is 2.35. The summed E-state index contributed by atoms with van der Waals surface area (Å²) in [5.41, 5.74) is 1.47. The average Bonchev–Trinajstić information content (AvgIpc) is 2.75. The number of hydrogen-bond acceptors (Lipinski definition) is 4. The summed E-state index contributed by atoms with van der Waals surface area (Å²) in [4.78, 5) is 14.9. The minimum absolute atomic E-state index is 0.0807. The lowest BCUT2D eigenvalue weighted by Gasteiger charge is -1.94. The summed E-state index contributed by atoms with van der Waals surface area (Å²) >= 11 is 0. The Hall–Kier alpha value is -2.36. The highest BCUT2D eigenvalue weighted by Crippen LogP contribution is 2.25. The first-order chi connectivity index (χ1) is 8.26. The van der Waals surface area contributed by atoms with Crippen molar-refractivity contribution in [2.75, 3.05) is 0 Å². The van der Waals surface area contributed by atoms with Crippen LogP contribution < -0.4 is 0 Å². The van der Waals surface area contributed by atoms with Crippen LogP contribution in [0.4, 0.5) is 0 Å². The van der Waals surface area contributed by atoms with Crippen molar-refractivity contribution >= 4 is 11.9 Å². The maximum absolute atomic E-state index is 10.7. The summed E-state index contributed by atoms with van der Waals surface area (Å²) in [6, 6.07) is 9.36. The van der Waals surface area contributed by atoms with Crippen molar-refractivity contribution in [3.63, 3.8) is 0 Å². The minimum atomic E-state index is 0.0807. The lowest BCUT2D eigenvalue weighted by molar-refractivity contribution is -0.103. The first kappa shape index (κ1) is 11.1. The Kier molecular flexibility index (Phi) is 3.05. The molecule has 4 heteroatoms. The highest BCUT2D eigenvalue weighted by Gasteiger charge is 2.14. The highest BCUT2D eigenvalue weighted by atomic mass is 16.4. The van der Waals surface area contributed by atoms with E-state index in [1.54, 1.807) is 6.92 Å². The van der Waals surface area contributed by atoms with Crippen molar-refractivity contribution in [1.82, 2.24) is 4.98 Å². The zero-order valence-electron chi connectivity index (χ0n) is 9.25. The molecule has 0 fully saturated rings. The fourth-order valence-corrected chi connectivity index (χ4v) is 1.51. The van der Waals surface area contributed by atoms with E-state index in [0.29, 0.717) is 23.6 Å². The molecule has 1 aromatic heterocycles. The molecule has 0 atom stereocenters. The molecule has 17 heavy (non-hydrogen) atoms. The number of aliphatic hydroxyl groups excluding tert-OH is 1. The second-order valence-electron chi connectivity index (χ2n) is 3.50. The van der Waals surface area contributed by atoms with E-state index >= 15 is 0 Å². The molecule has 1 heterocycles. The van der Waals surface area contributed by atoms with Crippen LogP contribution in [0.1, 0.15) is 11.5 Å². The first-order valence-electron chi connectivity index (χ1n) is 5.09. The van der Waals surface area contributed by atoms with Gasteiger partial charge in [-0.05, 0) is 19.1 Å². The molecular weight excluding hydrogens is 218 g/mol. The van der Waals surface area contributed by atoms with Gasteiger partial charge in [0.25, 0.3) is 0 Å². The van der Waals surface area contributed by atoms with E-state index in [9.17, 15) is 4.79 Å². The van der Waals surface area contributed by atoms with Gasteiger partial charge in [-0.1, -0.05) is 18.2 Å². The lowest BCUT2D eigenvalue weighted by atomic mass is 10.2. The number of aldehydes is 1. The number of oxazole rings is 1. The molecule has 0 amide bonds. The number of hydrogen-bond donors (Lipinski definition) is 1. The summed E-state index contributed by atoms with van der Waals surface area (Å²) in [6.45, 7) is 1.72. The smallest absolute Gasteiger partial charge is 0.226 e. The quantitative estimate of drug-likeness (QED) is 0.499. The molecule has 2 rings (SSSR count). The van der Waals surface area contributed by atoms with Gasteiger partial charge in [-0.15, -0.1) is 0 Å². The van der Waals surface area contributed by atoms with Crippen LogP contribution in [0.15, 0.2) is 41.0 Å². The van der Waals surface area contributed by atoms with Crippen molar-refractivity contribution in [3.05, 3.63) is 48.0 Å². The van der Waals surface area contributed by atoms with Crippen molar-refractivity contribution in [3.8, 4) is 11.5 Å². The van der Waals surface area contributed by atoms with Gasteiger partial charge in [0.2, 0.25) is 5.89 Å². The van der Waals surface area contributed by atoms with E-state index in [-0.39, 0.29) is 5.57 Å². The Morgan fingerprint density at radius 3 is 2.65 bits per heavy atom. The highest BCUT2D eigenvalue weighted by molar-refractivity contribution is 6.05. The molecule has 0 aliphatic rings. The van der Waals surface area contributed by atoms with Crippen LogP contribution in [0.5, 0.6) is 0 Å². The van der Waals surface area contributed by atoms with Crippen LogP contribution in [0.25, 0.3) is 17.0 Å². The number of carbonyl (C=O) groups excluding carboxylic acids is 1. The molecule has 4 nitrogen and oxygen atoms in total. The molecule has 0 saturated carbocycles. The van der Waals surface area contributed by atoms with Crippen LogP contribution >= 0.6 is 0 Å². The van der Waals surface area contributed by atoms with E-state index in [2.05, 4.69) is 4.98 Å². The summed E-state index contributed by atoms with van der Waals surface area (Å²) in [7, 11) is 0. The average molecular weight is 229 g/mol. The van der Waals surface area contributed by atoms with E-state index in [4.69, 9.17) is 9.52 Å². The van der Waals surface area contributed by atoms with Crippen LogP contribution in [0.2, 0.25) is 0 Å². The van der Waals surface area contributed by atoms with E-state index in [0.717, 1.165) is 11.8 Å². The second kappa shape index (κ2) is 4.65.